The first-order valence-electron chi connectivity index (χ1n) is 6.50. The Kier molecular flexibility index (Phi) is 4.52. The van der Waals surface area contributed by atoms with Crippen molar-refractivity contribution in [3.05, 3.63) is 28.8 Å². The summed E-state index contributed by atoms with van der Waals surface area (Å²) in [7, 11) is 3.90. The van der Waals surface area contributed by atoms with E-state index in [1.54, 1.807) is 11.0 Å². The molecule has 5 nitrogen and oxygen atoms in total. The number of likely N-dealkylation sites (N-methyl/N-ethyl adjacent to an activating group) is 1. The number of aliphatic hydroxyl groups excluding tert-OH is 1. The lowest BCUT2D eigenvalue weighted by molar-refractivity contribution is 0.0670. The maximum absolute atomic E-state index is 12.5. The van der Waals surface area contributed by atoms with E-state index in [-0.39, 0.29) is 35.9 Å². The Labute approximate surface area is 123 Å². The molecular formula is C14H19ClN2O3. The van der Waals surface area contributed by atoms with Gasteiger partial charge in [0.2, 0.25) is 0 Å². The zero-order valence-corrected chi connectivity index (χ0v) is 12.3. The van der Waals surface area contributed by atoms with Crippen molar-refractivity contribution in [2.75, 3.05) is 27.2 Å². The molecule has 0 bridgehead atoms. The highest BCUT2D eigenvalue weighted by Gasteiger charge is 2.36. The number of aliphatic hydroxyl groups is 1. The van der Waals surface area contributed by atoms with E-state index in [1.807, 2.05) is 19.0 Å². The van der Waals surface area contributed by atoms with Crippen LogP contribution < -0.4 is 0 Å². The normalized spacial score (nSPS) is 22.6. The second-order valence-corrected chi connectivity index (χ2v) is 5.74. The van der Waals surface area contributed by atoms with Crippen molar-refractivity contribution in [1.82, 2.24) is 9.80 Å². The maximum atomic E-state index is 12.5. The molecule has 0 radical (unpaired) electrons. The van der Waals surface area contributed by atoms with Gasteiger partial charge >= 0.3 is 0 Å². The van der Waals surface area contributed by atoms with Crippen molar-refractivity contribution < 1.29 is 15.0 Å². The number of carbonyl (C=O) groups is 1. The van der Waals surface area contributed by atoms with Crippen LogP contribution in [-0.2, 0) is 0 Å². The fourth-order valence-electron chi connectivity index (χ4n) is 2.53. The van der Waals surface area contributed by atoms with Crippen molar-refractivity contribution in [2.45, 2.75) is 18.5 Å². The molecule has 1 saturated heterocycles. The number of amides is 1. The minimum absolute atomic E-state index is 0.0789. The minimum atomic E-state index is -0.275. The van der Waals surface area contributed by atoms with Gasteiger partial charge in [0.15, 0.2) is 0 Å². The van der Waals surface area contributed by atoms with Gasteiger partial charge in [-0.1, -0.05) is 11.6 Å². The fraction of sp³-hybridized carbons (Fsp3) is 0.500. The summed E-state index contributed by atoms with van der Waals surface area (Å²) in [5.41, 5.74) is 0.215. The lowest BCUT2D eigenvalue weighted by Crippen LogP contribution is -2.38. The highest BCUT2D eigenvalue weighted by Crippen LogP contribution is 2.27. The number of phenols is 1. The lowest BCUT2D eigenvalue weighted by Gasteiger charge is -2.23. The predicted molar refractivity (Wildman–Crippen MR) is 77.1 cm³/mol. The molecule has 0 unspecified atom stereocenters. The molecule has 1 aliphatic rings. The van der Waals surface area contributed by atoms with Crippen LogP contribution in [0.5, 0.6) is 5.75 Å². The summed E-state index contributed by atoms with van der Waals surface area (Å²) < 4.78 is 0. The van der Waals surface area contributed by atoms with Crippen LogP contribution in [0.3, 0.4) is 0 Å². The van der Waals surface area contributed by atoms with E-state index in [4.69, 9.17) is 11.6 Å². The van der Waals surface area contributed by atoms with Crippen molar-refractivity contribution in [3.63, 3.8) is 0 Å². The second kappa shape index (κ2) is 5.99. The van der Waals surface area contributed by atoms with Crippen molar-refractivity contribution >= 4 is 17.5 Å². The van der Waals surface area contributed by atoms with Crippen LogP contribution in [0.15, 0.2) is 18.2 Å². The number of nitrogens with zero attached hydrogens (tertiary/aromatic N) is 2. The smallest absolute Gasteiger partial charge is 0.257 e. The molecule has 6 heteroatoms. The highest BCUT2D eigenvalue weighted by molar-refractivity contribution is 6.30. The SMILES string of the molecule is CN(C)[C@@H]1C[C@@H](CO)N(C(=O)c2ccc(Cl)cc2O)C1. The largest absolute Gasteiger partial charge is 0.507 e. The zero-order chi connectivity index (χ0) is 14.9. The van der Waals surface area contributed by atoms with Crippen molar-refractivity contribution in [1.29, 1.82) is 0 Å². The van der Waals surface area contributed by atoms with Crippen molar-refractivity contribution in [3.8, 4) is 5.75 Å². The van der Waals surface area contributed by atoms with Crippen LogP contribution in [0.2, 0.25) is 5.02 Å². The number of hydrogen-bond donors (Lipinski definition) is 2. The molecule has 0 aromatic heterocycles. The molecule has 2 N–H and O–H groups in total. The molecule has 2 rings (SSSR count). The number of rotatable bonds is 3. The minimum Gasteiger partial charge on any atom is -0.507 e. The monoisotopic (exact) mass is 298 g/mol. The molecule has 1 heterocycles. The number of carbonyl (C=O) groups excluding carboxylic acids is 1. The highest BCUT2D eigenvalue weighted by atomic mass is 35.5. The van der Waals surface area contributed by atoms with E-state index in [0.717, 1.165) is 6.42 Å². The van der Waals surface area contributed by atoms with Crippen LogP contribution in [0, 0.1) is 0 Å². The third-order valence-electron chi connectivity index (χ3n) is 3.78. The third-order valence-corrected chi connectivity index (χ3v) is 4.02. The van der Waals surface area contributed by atoms with E-state index < -0.39 is 0 Å². The van der Waals surface area contributed by atoms with Gasteiger partial charge in [-0.05, 0) is 38.7 Å². The summed E-state index contributed by atoms with van der Waals surface area (Å²) in [5, 5.41) is 19.7. The Bertz CT molecular complexity index is 507. The average molecular weight is 299 g/mol. The number of phenolic OH excluding ortho intramolecular Hbond substituents is 1. The van der Waals surface area contributed by atoms with Gasteiger partial charge < -0.3 is 20.0 Å². The molecule has 1 fully saturated rings. The number of benzene rings is 1. The Hall–Kier alpha value is -1.30. The molecule has 0 aliphatic carbocycles. The first-order chi connectivity index (χ1) is 9.43. The van der Waals surface area contributed by atoms with E-state index in [1.165, 1.54) is 12.1 Å². The molecule has 1 aromatic carbocycles. The molecule has 0 saturated carbocycles. The molecule has 0 spiro atoms. The van der Waals surface area contributed by atoms with Gasteiger partial charge in [0.1, 0.15) is 5.75 Å². The molecule has 110 valence electrons. The first kappa shape index (κ1) is 15.1. The van der Waals surface area contributed by atoms with Gasteiger partial charge in [-0.2, -0.15) is 0 Å². The van der Waals surface area contributed by atoms with Crippen molar-refractivity contribution in [2.24, 2.45) is 0 Å². The lowest BCUT2D eigenvalue weighted by atomic mass is 10.1. The van der Waals surface area contributed by atoms with Gasteiger partial charge in [0.05, 0.1) is 18.2 Å². The summed E-state index contributed by atoms with van der Waals surface area (Å²) >= 11 is 5.77. The Morgan fingerprint density at radius 2 is 2.20 bits per heavy atom. The van der Waals surface area contributed by atoms with Crippen LogP contribution in [0.4, 0.5) is 0 Å². The van der Waals surface area contributed by atoms with Gasteiger partial charge in [-0.15, -0.1) is 0 Å². The topological polar surface area (TPSA) is 64.0 Å². The number of likely N-dealkylation sites (tertiary alicyclic amines) is 1. The summed E-state index contributed by atoms with van der Waals surface area (Å²) in [6, 6.07) is 4.43. The van der Waals surface area contributed by atoms with Gasteiger partial charge in [-0.3, -0.25) is 4.79 Å². The Morgan fingerprint density at radius 1 is 1.50 bits per heavy atom. The van der Waals surface area contributed by atoms with E-state index in [9.17, 15) is 15.0 Å². The van der Waals surface area contributed by atoms with Crippen LogP contribution in [0.25, 0.3) is 0 Å². The quantitative estimate of drug-likeness (QED) is 0.880. The fourth-order valence-corrected chi connectivity index (χ4v) is 2.69. The zero-order valence-electron chi connectivity index (χ0n) is 11.6. The molecular weight excluding hydrogens is 280 g/mol. The van der Waals surface area contributed by atoms with Crippen LogP contribution >= 0.6 is 11.6 Å². The number of hydrogen-bond acceptors (Lipinski definition) is 4. The average Bonchev–Trinajstić information content (AvgIpc) is 2.82. The van der Waals surface area contributed by atoms with Gasteiger partial charge in [-0.25, -0.2) is 0 Å². The molecule has 1 aliphatic heterocycles. The van der Waals surface area contributed by atoms with Gasteiger partial charge in [0, 0.05) is 17.6 Å². The first-order valence-corrected chi connectivity index (χ1v) is 6.88. The summed E-state index contributed by atoms with van der Waals surface area (Å²) in [4.78, 5) is 16.2. The summed E-state index contributed by atoms with van der Waals surface area (Å²) in [6.45, 7) is 0.462. The van der Waals surface area contributed by atoms with E-state index >= 15 is 0 Å². The predicted octanol–water partition coefficient (Wildman–Crippen LogP) is 1.18. The Balaban J connectivity index is 2.23. The van der Waals surface area contributed by atoms with Gasteiger partial charge in [0.25, 0.3) is 5.91 Å². The summed E-state index contributed by atoms with van der Waals surface area (Å²) in [5.74, 6) is -0.407. The number of aromatic hydroxyl groups is 1. The number of halogens is 1. The maximum Gasteiger partial charge on any atom is 0.257 e. The van der Waals surface area contributed by atoms with E-state index in [0.29, 0.717) is 11.6 Å². The molecule has 2 atom stereocenters. The van der Waals surface area contributed by atoms with Crippen LogP contribution in [0.1, 0.15) is 16.8 Å². The molecule has 1 amide bonds. The van der Waals surface area contributed by atoms with Crippen LogP contribution in [-0.4, -0.2) is 65.3 Å². The second-order valence-electron chi connectivity index (χ2n) is 5.31. The summed E-state index contributed by atoms with van der Waals surface area (Å²) in [6.07, 6.45) is 0.726. The van der Waals surface area contributed by atoms with E-state index in [2.05, 4.69) is 0 Å². The molecule has 20 heavy (non-hydrogen) atoms. The Morgan fingerprint density at radius 3 is 2.75 bits per heavy atom. The molecule has 1 aromatic rings. The third kappa shape index (κ3) is 2.90. The standard InChI is InChI=1S/C14H19ClN2O3/c1-16(2)10-6-11(8-18)17(7-10)14(20)12-4-3-9(15)5-13(12)19/h3-5,10-11,18-19H,6-8H2,1-2H3/t10-,11+/m1/s1.